The summed E-state index contributed by atoms with van der Waals surface area (Å²) in [6.07, 6.45) is 0.539. The summed E-state index contributed by atoms with van der Waals surface area (Å²) in [6, 6.07) is 22.6. The van der Waals surface area contributed by atoms with Crippen molar-refractivity contribution in [2.24, 2.45) is 5.10 Å². The molecule has 3 aromatic carbocycles. The quantitative estimate of drug-likeness (QED) is 0.604. The third kappa shape index (κ3) is 3.83. The second kappa shape index (κ2) is 7.48. The van der Waals surface area contributed by atoms with Gasteiger partial charge in [-0.1, -0.05) is 77.4 Å². The van der Waals surface area contributed by atoms with E-state index in [1.165, 1.54) is 4.41 Å². The largest absolute Gasteiger partial charge is 0.279 e. The molecule has 29 heavy (non-hydrogen) atoms. The molecule has 1 heterocycles. The van der Waals surface area contributed by atoms with Crippen molar-refractivity contribution >= 4 is 15.7 Å². The first-order valence-corrected chi connectivity index (χ1v) is 11.1. The number of benzene rings is 3. The van der Waals surface area contributed by atoms with Gasteiger partial charge in [-0.3, -0.25) is 0 Å². The summed E-state index contributed by atoms with van der Waals surface area (Å²) in [5.74, 6) is 0. The van der Waals surface area contributed by atoms with Crippen molar-refractivity contribution in [2.45, 2.75) is 38.1 Å². The molecule has 1 aliphatic heterocycles. The van der Waals surface area contributed by atoms with Crippen molar-refractivity contribution < 1.29 is 8.42 Å². The molecule has 0 aliphatic carbocycles. The lowest BCUT2D eigenvalue weighted by molar-refractivity contribution is 0.371. The molecule has 0 radical (unpaired) electrons. The highest BCUT2D eigenvalue weighted by atomic mass is 32.2. The van der Waals surface area contributed by atoms with E-state index in [2.05, 4.69) is 5.10 Å². The summed E-state index contributed by atoms with van der Waals surface area (Å²) in [7, 11) is -3.77. The molecule has 0 unspecified atom stereocenters. The first-order valence-electron chi connectivity index (χ1n) is 9.67. The highest BCUT2D eigenvalue weighted by Gasteiger charge is 2.37. The van der Waals surface area contributed by atoms with Gasteiger partial charge >= 0.3 is 0 Å². The van der Waals surface area contributed by atoms with Crippen LogP contribution in [-0.4, -0.2) is 18.5 Å². The van der Waals surface area contributed by atoms with Crippen LogP contribution in [0.15, 0.2) is 82.8 Å². The number of hydrazone groups is 1. The molecule has 1 aliphatic rings. The van der Waals surface area contributed by atoms with Gasteiger partial charge in [0.2, 0.25) is 0 Å². The smallest absolute Gasteiger partial charge is 0.200 e. The topological polar surface area (TPSA) is 49.7 Å². The van der Waals surface area contributed by atoms with Crippen LogP contribution in [0, 0.1) is 20.8 Å². The Balaban J connectivity index is 1.79. The van der Waals surface area contributed by atoms with E-state index in [0.29, 0.717) is 6.42 Å². The highest BCUT2D eigenvalue weighted by Crippen LogP contribution is 2.37. The molecule has 4 rings (SSSR count). The van der Waals surface area contributed by atoms with Crippen LogP contribution in [0.2, 0.25) is 0 Å². The number of hydrogen-bond donors (Lipinski definition) is 0. The molecule has 148 valence electrons. The second-order valence-corrected chi connectivity index (χ2v) is 9.43. The van der Waals surface area contributed by atoms with Gasteiger partial charge in [0.05, 0.1) is 16.6 Å². The van der Waals surface area contributed by atoms with Gasteiger partial charge in [-0.2, -0.15) is 17.9 Å². The lowest BCUT2D eigenvalue weighted by Gasteiger charge is -2.23. The Kier molecular flexibility index (Phi) is 5.01. The van der Waals surface area contributed by atoms with Crippen LogP contribution < -0.4 is 0 Å². The highest BCUT2D eigenvalue weighted by molar-refractivity contribution is 7.89. The minimum atomic E-state index is -3.77. The SMILES string of the molecule is Cc1ccc(C2=NN(S(=O)(=O)c3ccc(C)cc3)[C@@H](c3ccc(C)cc3)C2)cc1. The standard InChI is InChI=1S/C24H24N2O2S/c1-17-4-10-20(11-5-17)23-16-24(21-12-6-18(2)7-13-21)26(25-23)29(27,28)22-14-8-19(3)9-15-22/h4-15,24H,16H2,1-3H3/t24-/m1/s1. The number of nitrogens with zero attached hydrogens (tertiary/aromatic N) is 2. The van der Waals surface area contributed by atoms with E-state index in [0.717, 1.165) is 33.5 Å². The molecular weight excluding hydrogens is 380 g/mol. The van der Waals surface area contributed by atoms with Crippen molar-refractivity contribution in [1.82, 2.24) is 4.41 Å². The summed E-state index contributed by atoms with van der Waals surface area (Å²) >= 11 is 0. The van der Waals surface area contributed by atoms with Gasteiger partial charge < -0.3 is 0 Å². The van der Waals surface area contributed by atoms with E-state index >= 15 is 0 Å². The van der Waals surface area contributed by atoms with E-state index < -0.39 is 10.0 Å². The van der Waals surface area contributed by atoms with Crippen molar-refractivity contribution in [3.05, 3.63) is 101 Å². The third-order valence-electron chi connectivity index (χ3n) is 5.28. The van der Waals surface area contributed by atoms with Crippen molar-refractivity contribution in [2.75, 3.05) is 0 Å². The third-order valence-corrected chi connectivity index (χ3v) is 6.98. The summed E-state index contributed by atoms with van der Waals surface area (Å²) in [5, 5.41) is 4.60. The predicted octanol–water partition coefficient (Wildman–Crippen LogP) is 5.15. The summed E-state index contributed by atoms with van der Waals surface area (Å²) in [5.41, 5.74) is 5.99. The average molecular weight is 405 g/mol. The van der Waals surface area contributed by atoms with Gasteiger partial charge in [-0.25, -0.2) is 0 Å². The second-order valence-electron chi connectivity index (χ2n) is 7.63. The van der Waals surface area contributed by atoms with Crippen LogP contribution in [0.4, 0.5) is 0 Å². The first kappa shape index (κ1) is 19.4. The maximum absolute atomic E-state index is 13.4. The summed E-state index contributed by atoms with van der Waals surface area (Å²) < 4.78 is 28.2. The van der Waals surface area contributed by atoms with E-state index in [9.17, 15) is 8.42 Å². The van der Waals surface area contributed by atoms with Gasteiger partial charge in [-0.05, 0) is 44.0 Å². The molecule has 0 spiro atoms. The Morgan fingerprint density at radius 3 is 1.79 bits per heavy atom. The molecule has 0 saturated carbocycles. The minimum absolute atomic E-state index is 0.258. The van der Waals surface area contributed by atoms with Crippen molar-refractivity contribution in [3.63, 3.8) is 0 Å². The van der Waals surface area contributed by atoms with Crippen LogP contribution in [0.1, 0.15) is 40.3 Å². The zero-order valence-electron chi connectivity index (χ0n) is 16.8. The number of sulfonamides is 1. The fourth-order valence-corrected chi connectivity index (χ4v) is 4.92. The maximum Gasteiger partial charge on any atom is 0.279 e. The number of hydrogen-bond acceptors (Lipinski definition) is 3. The van der Waals surface area contributed by atoms with E-state index in [1.807, 2.05) is 81.4 Å². The van der Waals surface area contributed by atoms with Gasteiger partial charge in [0, 0.05) is 6.42 Å². The van der Waals surface area contributed by atoms with Crippen LogP contribution in [0.25, 0.3) is 0 Å². The Labute approximate surface area is 172 Å². The van der Waals surface area contributed by atoms with Gasteiger partial charge in [-0.15, -0.1) is 0 Å². The first-order chi connectivity index (χ1) is 13.8. The van der Waals surface area contributed by atoms with Crippen molar-refractivity contribution in [3.8, 4) is 0 Å². The van der Waals surface area contributed by atoms with Gasteiger partial charge in [0.15, 0.2) is 0 Å². The van der Waals surface area contributed by atoms with Crippen LogP contribution in [-0.2, 0) is 10.0 Å². The average Bonchev–Trinajstić information content (AvgIpc) is 3.16. The monoisotopic (exact) mass is 404 g/mol. The van der Waals surface area contributed by atoms with E-state index in [-0.39, 0.29) is 10.9 Å². The van der Waals surface area contributed by atoms with Crippen LogP contribution in [0.5, 0.6) is 0 Å². The molecule has 0 N–H and O–H groups in total. The molecule has 4 nitrogen and oxygen atoms in total. The summed E-state index contributed by atoms with van der Waals surface area (Å²) in [4.78, 5) is 0.258. The molecule has 3 aromatic rings. The Morgan fingerprint density at radius 2 is 1.24 bits per heavy atom. The maximum atomic E-state index is 13.4. The van der Waals surface area contributed by atoms with E-state index in [4.69, 9.17) is 0 Å². The number of rotatable bonds is 4. The zero-order chi connectivity index (χ0) is 20.6. The molecule has 0 bridgehead atoms. The Morgan fingerprint density at radius 1 is 0.759 bits per heavy atom. The Hall–Kier alpha value is -2.92. The molecule has 0 aromatic heterocycles. The van der Waals surface area contributed by atoms with Crippen LogP contribution >= 0.6 is 0 Å². The molecular formula is C24H24N2O2S. The minimum Gasteiger partial charge on any atom is -0.200 e. The van der Waals surface area contributed by atoms with E-state index in [1.54, 1.807) is 12.1 Å². The molecule has 5 heteroatoms. The molecule has 1 atom stereocenters. The predicted molar refractivity (Wildman–Crippen MR) is 116 cm³/mol. The molecule has 0 saturated heterocycles. The van der Waals surface area contributed by atoms with Gasteiger partial charge in [0.25, 0.3) is 10.0 Å². The fraction of sp³-hybridized carbons (Fsp3) is 0.208. The normalized spacial score (nSPS) is 16.7. The van der Waals surface area contributed by atoms with Gasteiger partial charge in [0.1, 0.15) is 0 Å². The zero-order valence-corrected chi connectivity index (χ0v) is 17.6. The Bertz CT molecular complexity index is 1150. The number of aryl methyl sites for hydroxylation is 3. The lowest BCUT2D eigenvalue weighted by Crippen LogP contribution is -2.27. The van der Waals surface area contributed by atoms with Crippen LogP contribution in [0.3, 0.4) is 0 Å². The van der Waals surface area contributed by atoms with Crippen molar-refractivity contribution in [1.29, 1.82) is 0 Å². The molecule has 0 amide bonds. The molecule has 0 fully saturated rings. The fourth-order valence-electron chi connectivity index (χ4n) is 3.49. The summed E-state index contributed by atoms with van der Waals surface area (Å²) in [6.45, 7) is 5.99. The lowest BCUT2D eigenvalue weighted by atomic mass is 9.98.